The fraction of sp³-hybridized carbons (Fsp3) is 0.462. The van der Waals surface area contributed by atoms with Crippen LogP contribution in [0, 0.1) is 0 Å². The Hall–Kier alpha value is -1.60. The first-order valence-corrected chi connectivity index (χ1v) is 8.19. The van der Waals surface area contributed by atoms with E-state index in [1.54, 1.807) is 18.9 Å². The molecule has 1 atom stereocenters. The van der Waals surface area contributed by atoms with E-state index < -0.39 is 16.1 Å². The molecule has 7 heteroatoms. The number of rotatable bonds is 4. The lowest BCUT2D eigenvalue weighted by molar-refractivity contribution is -0.125. The fourth-order valence-corrected chi connectivity index (χ4v) is 2.57. The van der Waals surface area contributed by atoms with Crippen molar-refractivity contribution in [2.75, 3.05) is 24.7 Å². The molecule has 1 aliphatic heterocycles. The predicted octanol–water partition coefficient (Wildman–Crippen LogP) is 0.522. The minimum Gasteiger partial charge on any atom is -0.479 e. The highest BCUT2D eigenvalue weighted by Crippen LogP contribution is 2.33. The highest BCUT2D eigenvalue weighted by Gasteiger charge is 2.28. The molecule has 0 aliphatic carbocycles. The van der Waals surface area contributed by atoms with Crippen LogP contribution >= 0.6 is 0 Å². The largest absolute Gasteiger partial charge is 0.479 e. The molecule has 2 rings (SSSR count). The van der Waals surface area contributed by atoms with E-state index in [4.69, 9.17) is 4.74 Å². The maximum atomic E-state index is 11.9. The predicted molar refractivity (Wildman–Crippen MR) is 76.5 cm³/mol. The molecule has 1 aromatic carbocycles. The first-order valence-electron chi connectivity index (χ1n) is 6.30. The van der Waals surface area contributed by atoms with Crippen molar-refractivity contribution >= 4 is 21.6 Å². The van der Waals surface area contributed by atoms with Gasteiger partial charge in [0.05, 0.1) is 11.9 Å². The SMILES string of the molecule is CC1Oc2ccc(CCNS(C)(=O)=O)cc2N(C)C1=O. The van der Waals surface area contributed by atoms with Gasteiger partial charge in [-0.3, -0.25) is 4.79 Å². The summed E-state index contributed by atoms with van der Waals surface area (Å²) in [5, 5.41) is 0. The Labute approximate surface area is 118 Å². The van der Waals surface area contributed by atoms with Gasteiger partial charge in [0, 0.05) is 13.6 Å². The summed E-state index contributed by atoms with van der Waals surface area (Å²) in [6.45, 7) is 2.04. The van der Waals surface area contributed by atoms with E-state index in [1.165, 1.54) is 0 Å². The number of hydrogen-bond acceptors (Lipinski definition) is 4. The van der Waals surface area contributed by atoms with Gasteiger partial charge in [0.25, 0.3) is 5.91 Å². The molecule has 1 aliphatic rings. The Bertz CT molecular complexity index is 627. The van der Waals surface area contributed by atoms with Crippen LogP contribution in [0.5, 0.6) is 5.75 Å². The number of nitrogens with zero attached hydrogens (tertiary/aromatic N) is 1. The third-order valence-electron chi connectivity index (χ3n) is 3.14. The monoisotopic (exact) mass is 298 g/mol. The van der Waals surface area contributed by atoms with Crippen LogP contribution < -0.4 is 14.4 Å². The van der Waals surface area contributed by atoms with Gasteiger partial charge in [0.1, 0.15) is 5.75 Å². The molecule has 0 saturated heterocycles. The standard InChI is InChI=1S/C13H18N2O4S/c1-9-13(16)15(2)11-8-10(4-5-12(11)19-9)6-7-14-20(3,17)18/h4-5,8-9,14H,6-7H2,1-3H3. The van der Waals surface area contributed by atoms with Gasteiger partial charge in [0.15, 0.2) is 6.10 Å². The summed E-state index contributed by atoms with van der Waals surface area (Å²) in [5.41, 5.74) is 1.66. The van der Waals surface area contributed by atoms with Crippen LogP contribution in [0.4, 0.5) is 5.69 Å². The second kappa shape index (κ2) is 5.41. The molecule has 1 aromatic rings. The molecule has 1 amide bonds. The number of benzene rings is 1. The smallest absolute Gasteiger partial charge is 0.267 e. The number of ether oxygens (including phenoxy) is 1. The molecule has 0 radical (unpaired) electrons. The molecule has 0 bridgehead atoms. The van der Waals surface area contributed by atoms with Crippen LogP contribution in [0.15, 0.2) is 18.2 Å². The molecular formula is C13H18N2O4S. The van der Waals surface area contributed by atoms with E-state index in [9.17, 15) is 13.2 Å². The van der Waals surface area contributed by atoms with Crippen LogP contribution in [0.2, 0.25) is 0 Å². The van der Waals surface area contributed by atoms with Gasteiger partial charge < -0.3 is 9.64 Å². The van der Waals surface area contributed by atoms with E-state index in [-0.39, 0.29) is 5.91 Å². The van der Waals surface area contributed by atoms with Crippen molar-refractivity contribution in [3.63, 3.8) is 0 Å². The van der Waals surface area contributed by atoms with E-state index in [0.29, 0.717) is 24.4 Å². The van der Waals surface area contributed by atoms with Gasteiger partial charge in [-0.05, 0) is 31.0 Å². The summed E-state index contributed by atoms with van der Waals surface area (Å²) in [6.07, 6.45) is 1.20. The number of hydrogen-bond donors (Lipinski definition) is 1. The quantitative estimate of drug-likeness (QED) is 0.879. The molecule has 0 spiro atoms. The van der Waals surface area contributed by atoms with Gasteiger partial charge in [-0.25, -0.2) is 13.1 Å². The van der Waals surface area contributed by atoms with Gasteiger partial charge in [0.2, 0.25) is 10.0 Å². The summed E-state index contributed by atoms with van der Waals surface area (Å²) in [4.78, 5) is 13.4. The Morgan fingerprint density at radius 3 is 2.75 bits per heavy atom. The van der Waals surface area contributed by atoms with Gasteiger partial charge in [-0.2, -0.15) is 0 Å². The molecule has 0 aromatic heterocycles. The number of anilines is 1. The second-order valence-corrected chi connectivity index (χ2v) is 6.71. The molecule has 0 saturated carbocycles. The van der Waals surface area contributed by atoms with Gasteiger partial charge in [-0.1, -0.05) is 6.07 Å². The van der Waals surface area contributed by atoms with Crippen molar-refractivity contribution in [1.82, 2.24) is 4.72 Å². The summed E-state index contributed by atoms with van der Waals surface area (Å²) in [6, 6.07) is 5.53. The van der Waals surface area contributed by atoms with E-state index in [0.717, 1.165) is 11.8 Å². The van der Waals surface area contributed by atoms with Crippen molar-refractivity contribution in [3.8, 4) is 5.75 Å². The van der Waals surface area contributed by atoms with Crippen molar-refractivity contribution < 1.29 is 17.9 Å². The van der Waals surface area contributed by atoms with Crippen molar-refractivity contribution in [3.05, 3.63) is 23.8 Å². The molecule has 110 valence electrons. The van der Waals surface area contributed by atoms with E-state index in [1.807, 2.05) is 18.2 Å². The summed E-state index contributed by atoms with van der Waals surface area (Å²) in [5.74, 6) is 0.573. The number of fused-ring (bicyclic) bond motifs is 1. The highest BCUT2D eigenvalue weighted by molar-refractivity contribution is 7.88. The zero-order chi connectivity index (χ0) is 14.9. The zero-order valence-electron chi connectivity index (χ0n) is 11.7. The van der Waals surface area contributed by atoms with E-state index >= 15 is 0 Å². The van der Waals surface area contributed by atoms with Gasteiger partial charge >= 0.3 is 0 Å². The lowest BCUT2D eigenvalue weighted by atomic mass is 10.1. The first-order chi connectivity index (χ1) is 9.28. The minimum atomic E-state index is -3.18. The molecule has 1 N–H and O–H groups in total. The maximum Gasteiger partial charge on any atom is 0.267 e. The van der Waals surface area contributed by atoms with Crippen molar-refractivity contribution in [1.29, 1.82) is 0 Å². The van der Waals surface area contributed by atoms with Crippen LogP contribution in [0.3, 0.4) is 0 Å². The normalized spacial score (nSPS) is 18.6. The Morgan fingerprint density at radius 2 is 2.10 bits per heavy atom. The number of carbonyl (C=O) groups is 1. The molecule has 0 fully saturated rings. The zero-order valence-corrected chi connectivity index (χ0v) is 12.5. The van der Waals surface area contributed by atoms with Crippen LogP contribution in [0.25, 0.3) is 0 Å². The van der Waals surface area contributed by atoms with Crippen LogP contribution in [0.1, 0.15) is 12.5 Å². The second-order valence-electron chi connectivity index (χ2n) is 4.88. The number of likely N-dealkylation sites (N-methyl/N-ethyl adjacent to an activating group) is 1. The van der Waals surface area contributed by atoms with Crippen LogP contribution in [-0.4, -0.2) is 40.3 Å². The molecular weight excluding hydrogens is 280 g/mol. The molecule has 1 heterocycles. The first kappa shape index (κ1) is 14.8. The summed E-state index contributed by atoms with van der Waals surface area (Å²) in [7, 11) is -1.47. The highest BCUT2D eigenvalue weighted by atomic mass is 32.2. The summed E-state index contributed by atoms with van der Waals surface area (Å²) >= 11 is 0. The van der Waals surface area contributed by atoms with E-state index in [2.05, 4.69) is 4.72 Å². The van der Waals surface area contributed by atoms with Crippen molar-refractivity contribution in [2.24, 2.45) is 0 Å². The van der Waals surface area contributed by atoms with Crippen LogP contribution in [-0.2, 0) is 21.2 Å². The molecule has 1 unspecified atom stereocenters. The Balaban J connectivity index is 2.14. The third-order valence-corrected chi connectivity index (χ3v) is 3.87. The number of sulfonamides is 1. The number of nitrogens with one attached hydrogen (secondary N) is 1. The lowest BCUT2D eigenvalue weighted by Gasteiger charge is -2.30. The molecule has 6 nitrogen and oxygen atoms in total. The molecule has 20 heavy (non-hydrogen) atoms. The number of amides is 1. The Kier molecular flexibility index (Phi) is 4.01. The third kappa shape index (κ3) is 3.29. The fourth-order valence-electron chi connectivity index (χ4n) is 2.09. The van der Waals surface area contributed by atoms with Gasteiger partial charge in [-0.15, -0.1) is 0 Å². The topological polar surface area (TPSA) is 75.7 Å². The minimum absolute atomic E-state index is 0.0936. The Morgan fingerprint density at radius 1 is 1.40 bits per heavy atom. The number of carbonyl (C=O) groups excluding carboxylic acids is 1. The maximum absolute atomic E-state index is 11.9. The summed E-state index contributed by atoms with van der Waals surface area (Å²) < 4.78 is 30.0. The lowest BCUT2D eigenvalue weighted by Crippen LogP contribution is -2.42. The average Bonchev–Trinajstić information content (AvgIpc) is 2.35. The average molecular weight is 298 g/mol. The van der Waals surface area contributed by atoms with Crippen molar-refractivity contribution in [2.45, 2.75) is 19.4 Å².